The van der Waals surface area contributed by atoms with E-state index in [1.807, 2.05) is 0 Å². The summed E-state index contributed by atoms with van der Waals surface area (Å²) in [6.45, 7) is 7.81. The molecule has 0 amide bonds. The van der Waals surface area contributed by atoms with Gasteiger partial charge in [-0.05, 0) is 37.8 Å². The molecule has 3 atom stereocenters. The first kappa shape index (κ1) is 15.9. The van der Waals surface area contributed by atoms with Gasteiger partial charge in [-0.3, -0.25) is 0 Å². The monoisotopic (exact) mass is 291 g/mol. The Balaban J connectivity index is 1.90. The number of hydrogen-bond donors (Lipinski definition) is 1. The quantitative estimate of drug-likeness (QED) is 0.795. The summed E-state index contributed by atoms with van der Waals surface area (Å²) in [5, 5.41) is 4.53. The number of aryl methyl sites for hydroxylation is 1. The molecule has 0 aliphatic heterocycles. The standard InChI is InChI=1S/C18H29NS/c1-4-19-18(16-10-8-14(2)9-11-16)13-20-17-7-5-6-15(3)12-17/h8-11,15,17-19H,4-7,12-13H2,1-3H3. The largest absolute Gasteiger partial charge is 0.310 e. The van der Waals surface area contributed by atoms with E-state index in [0.29, 0.717) is 6.04 Å². The third-order valence-electron chi connectivity index (χ3n) is 4.32. The van der Waals surface area contributed by atoms with Crippen molar-refractivity contribution in [2.45, 2.75) is 57.7 Å². The molecule has 0 saturated heterocycles. The molecule has 1 aliphatic carbocycles. The molecule has 1 aromatic carbocycles. The summed E-state index contributed by atoms with van der Waals surface area (Å²) in [7, 11) is 0. The molecule has 0 radical (unpaired) electrons. The molecular formula is C18H29NS. The Hall–Kier alpha value is -0.470. The van der Waals surface area contributed by atoms with Crippen molar-refractivity contribution in [2.24, 2.45) is 5.92 Å². The van der Waals surface area contributed by atoms with Crippen LogP contribution in [0.25, 0.3) is 0 Å². The normalized spacial score (nSPS) is 24.6. The Morgan fingerprint density at radius 3 is 2.65 bits per heavy atom. The van der Waals surface area contributed by atoms with E-state index >= 15 is 0 Å². The average molecular weight is 292 g/mol. The summed E-state index contributed by atoms with van der Waals surface area (Å²) in [6, 6.07) is 9.53. The van der Waals surface area contributed by atoms with Gasteiger partial charge in [-0.2, -0.15) is 11.8 Å². The molecule has 1 N–H and O–H groups in total. The smallest absolute Gasteiger partial charge is 0.0411 e. The molecule has 1 nitrogen and oxygen atoms in total. The maximum absolute atomic E-state index is 3.65. The third kappa shape index (κ3) is 4.82. The highest BCUT2D eigenvalue weighted by molar-refractivity contribution is 7.99. The lowest BCUT2D eigenvalue weighted by atomic mass is 9.91. The number of hydrogen-bond acceptors (Lipinski definition) is 2. The van der Waals surface area contributed by atoms with E-state index in [9.17, 15) is 0 Å². The van der Waals surface area contributed by atoms with Crippen LogP contribution in [-0.4, -0.2) is 17.5 Å². The third-order valence-corrected chi connectivity index (χ3v) is 5.74. The Labute approximate surface area is 128 Å². The first-order valence-electron chi connectivity index (χ1n) is 8.10. The van der Waals surface area contributed by atoms with Crippen molar-refractivity contribution in [3.63, 3.8) is 0 Å². The second-order valence-electron chi connectivity index (χ2n) is 6.25. The molecule has 1 aliphatic rings. The Morgan fingerprint density at radius 2 is 2.00 bits per heavy atom. The highest BCUT2D eigenvalue weighted by Crippen LogP contribution is 2.33. The van der Waals surface area contributed by atoms with Crippen LogP contribution in [0.15, 0.2) is 24.3 Å². The van der Waals surface area contributed by atoms with Crippen LogP contribution >= 0.6 is 11.8 Å². The fourth-order valence-electron chi connectivity index (χ4n) is 3.08. The summed E-state index contributed by atoms with van der Waals surface area (Å²) in [5.74, 6) is 2.13. The van der Waals surface area contributed by atoms with Crippen molar-refractivity contribution in [1.29, 1.82) is 0 Å². The lowest BCUT2D eigenvalue weighted by molar-refractivity contribution is 0.394. The molecule has 1 saturated carbocycles. The van der Waals surface area contributed by atoms with E-state index in [-0.39, 0.29) is 0 Å². The van der Waals surface area contributed by atoms with E-state index < -0.39 is 0 Å². The molecule has 0 aromatic heterocycles. The van der Waals surface area contributed by atoms with Crippen molar-refractivity contribution >= 4 is 11.8 Å². The summed E-state index contributed by atoms with van der Waals surface area (Å²) < 4.78 is 0. The van der Waals surface area contributed by atoms with Gasteiger partial charge in [0.25, 0.3) is 0 Å². The summed E-state index contributed by atoms with van der Waals surface area (Å²) in [5.41, 5.74) is 2.78. The minimum absolute atomic E-state index is 0.503. The molecule has 0 heterocycles. The first-order chi connectivity index (χ1) is 9.69. The van der Waals surface area contributed by atoms with Crippen molar-refractivity contribution in [3.8, 4) is 0 Å². The van der Waals surface area contributed by atoms with Crippen molar-refractivity contribution in [2.75, 3.05) is 12.3 Å². The van der Waals surface area contributed by atoms with Crippen LogP contribution in [0, 0.1) is 12.8 Å². The molecule has 2 rings (SSSR count). The molecule has 0 spiro atoms. The van der Waals surface area contributed by atoms with Crippen LogP contribution in [0.1, 0.15) is 56.7 Å². The van der Waals surface area contributed by atoms with Crippen molar-refractivity contribution < 1.29 is 0 Å². The topological polar surface area (TPSA) is 12.0 Å². The molecule has 112 valence electrons. The zero-order valence-corrected chi connectivity index (χ0v) is 14.0. The zero-order chi connectivity index (χ0) is 14.4. The lowest BCUT2D eigenvalue weighted by Crippen LogP contribution is -2.25. The van der Waals surface area contributed by atoms with Gasteiger partial charge in [0.15, 0.2) is 0 Å². The number of nitrogens with one attached hydrogen (secondary N) is 1. The Kier molecular flexibility index (Phi) is 6.44. The molecular weight excluding hydrogens is 262 g/mol. The Bertz CT molecular complexity index is 387. The van der Waals surface area contributed by atoms with Gasteiger partial charge in [0.2, 0.25) is 0 Å². The predicted octanol–water partition coefficient (Wildman–Crippen LogP) is 4.96. The number of benzene rings is 1. The minimum atomic E-state index is 0.503. The molecule has 3 unspecified atom stereocenters. The predicted molar refractivity (Wildman–Crippen MR) is 91.5 cm³/mol. The molecule has 0 bridgehead atoms. The molecule has 20 heavy (non-hydrogen) atoms. The van der Waals surface area contributed by atoms with Crippen LogP contribution in [0.2, 0.25) is 0 Å². The van der Waals surface area contributed by atoms with Crippen LogP contribution in [0.4, 0.5) is 0 Å². The average Bonchev–Trinajstić information content (AvgIpc) is 2.44. The fraction of sp³-hybridized carbons (Fsp3) is 0.667. The SMILES string of the molecule is CCNC(CSC1CCCC(C)C1)c1ccc(C)cc1. The van der Waals surface area contributed by atoms with Crippen LogP contribution < -0.4 is 5.32 Å². The van der Waals surface area contributed by atoms with E-state index in [1.165, 1.54) is 42.6 Å². The lowest BCUT2D eigenvalue weighted by Gasteiger charge is -2.28. The van der Waals surface area contributed by atoms with Crippen LogP contribution in [0.3, 0.4) is 0 Å². The van der Waals surface area contributed by atoms with Gasteiger partial charge in [0.1, 0.15) is 0 Å². The number of thioether (sulfide) groups is 1. The van der Waals surface area contributed by atoms with Gasteiger partial charge >= 0.3 is 0 Å². The second-order valence-corrected chi connectivity index (χ2v) is 7.58. The van der Waals surface area contributed by atoms with Gasteiger partial charge in [-0.25, -0.2) is 0 Å². The van der Waals surface area contributed by atoms with Gasteiger partial charge in [0.05, 0.1) is 0 Å². The van der Waals surface area contributed by atoms with Crippen LogP contribution in [-0.2, 0) is 0 Å². The van der Waals surface area contributed by atoms with E-state index in [0.717, 1.165) is 17.7 Å². The van der Waals surface area contributed by atoms with Gasteiger partial charge < -0.3 is 5.32 Å². The maximum atomic E-state index is 3.65. The van der Waals surface area contributed by atoms with Gasteiger partial charge in [-0.15, -0.1) is 0 Å². The van der Waals surface area contributed by atoms with E-state index in [4.69, 9.17) is 0 Å². The summed E-state index contributed by atoms with van der Waals surface area (Å²) in [4.78, 5) is 0. The molecule has 2 heteroatoms. The number of rotatable bonds is 6. The zero-order valence-electron chi connectivity index (χ0n) is 13.2. The van der Waals surface area contributed by atoms with Crippen molar-refractivity contribution in [3.05, 3.63) is 35.4 Å². The van der Waals surface area contributed by atoms with Gasteiger partial charge in [0, 0.05) is 17.0 Å². The minimum Gasteiger partial charge on any atom is -0.310 e. The highest BCUT2D eigenvalue weighted by atomic mass is 32.2. The fourth-order valence-corrected chi connectivity index (χ4v) is 4.65. The molecule has 1 aromatic rings. The summed E-state index contributed by atoms with van der Waals surface area (Å²) >= 11 is 2.19. The van der Waals surface area contributed by atoms with Gasteiger partial charge in [-0.1, -0.05) is 56.5 Å². The Morgan fingerprint density at radius 1 is 1.25 bits per heavy atom. The van der Waals surface area contributed by atoms with E-state index in [2.05, 4.69) is 62.1 Å². The second kappa shape index (κ2) is 8.09. The summed E-state index contributed by atoms with van der Waals surface area (Å²) in [6.07, 6.45) is 5.69. The van der Waals surface area contributed by atoms with Crippen molar-refractivity contribution in [1.82, 2.24) is 5.32 Å². The van der Waals surface area contributed by atoms with Crippen LogP contribution in [0.5, 0.6) is 0 Å². The maximum Gasteiger partial charge on any atom is 0.0411 e. The first-order valence-corrected chi connectivity index (χ1v) is 9.15. The van der Waals surface area contributed by atoms with E-state index in [1.54, 1.807) is 0 Å². The molecule has 1 fully saturated rings. The highest BCUT2D eigenvalue weighted by Gasteiger charge is 2.20.